The van der Waals surface area contributed by atoms with E-state index in [9.17, 15) is 18.5 Å². The van der Waals surface area contributed by atoms with Crippen molar-refractivity contribution in [2.45, 2.75) is 19.1 Å². The monoisotopic (exact) mass is 320 g/mol. The summed E-state index contributed by atoms with van der Waals surface area (Å²) in [6.07, 6.45) is 2.60. The minimum Gasteiger partial charge on any atom is -0.258 e. The zero-order chi connectivity index (χ0) is 16.5. The Hall–Kier alpha value is -2.73. The third-order valence-corrected chi connectivity index (χ3v) is 4.97. The summed E-state index contributed by atoms with van der Waals surface area (Å²) in [6, 6.07) is 5.67. The van der Waals surface area contributed by atoms with Gasteiger partial charge in [-0.1, -0.05) is 0 Å². The number of nitrogens with zero attached hydrogens (tertiary/aromatic N) is 4. The van der Waals surface area contributed by atoms with E-state index in [4.69, 9.17) is 5.26 Å². The van der Waals surface area contributed by atoms with E-state index in [-0.39, 0.29) is 11.3 Å². The summed E-state index contributed by atoms with van der Waals surface area (Å²) >= 11 is 0. The average molecular weight is 320 g/mol. The highest BCUT2D eigenvalue weighted by Crippen LogP contribution is 2.27. The minimum absolute atomic E-state index is 0.0793. The first-order valence-corrected chi connectivity index (χ1v) is 7.75. The Bertz CT molecular complexity index is 878. The van der Waals surface area contributed by atoms with Gasteiger partial charge in [-0.2, -0.15) is 14.4 Å². The smallest absolute Gasteiger partial charge is 0.258 e. The summed E-state index contributed by atoms with van der Waals surface area (Å²) in [5.74, 6) is 0. The summed E-state index contributed by atoms with van der Waals surface area (Å²) in [6.45, 7) is 3.06. The fraction of sp³-hybridized carbons (Fsp3) is 0.231. The maximum atomic E-state index is 12.0. The molecule has 0 saturated heterocycles. The molecule has 8 nitrogen and oxygen atoms in total. The third-order valence-electron chi connectivity index (χ3n) is 3.06. The van der Waals surface area contributed by atoms with Crippen LogP contribution in [0.3, 0.4) is 0 Å². The molecule has 0 amide bonds. The van der Waals surface area contributed by atoms with E-state index in [1.54, 1.807) is 0 Å². The lowest BCUT2D eigenvalue weighted by Gasteiger charge is -2.06. The molecule has 1 aromatic heterocycles. The van der Waals surface area contributed by atoms with E-state index in [1.165, 1.54) is 38.4 Å². The molecule has 0 atom stereocenters. The topological polar surface area (TPSA) is 119 Å². The van der Waals surface area contributed by atoms with Gasteiger partial charge < -0.3 is 0 Å². The van der Waals surface area contributed by atoms with Crippen LogP contribution in [0.25, 0.3) is 11.1 Å². The highest BCUT2D eigenvalue weighted by atomic mass is 32.2. The summed E-state index contributed by atoms with van der Waals surface area (Å²) in [5.41, 5.74) is 0.659. The molecule has 1 aromatic carbocycles. The Kier molecular flexibility index (Phi) is 3.97. The van der Waals surface area contributed by atoms with Crippen molar-refractivity contribution >= 4 is 15.7 Å². The van der Waals surface area contributed by atoms with Crippen molar-refractivity contribution in [3.8, 4) is 17.2 Å². The van der Waals surface area contributed by atoms with Gasteiger partial charge in [0.2, 0.25) is 0 Å². The minimum atomic E-state index is -3.59. The molecule has 1 heterocycles. The Morgan fingerprint density at radius 1 is 1.41 bits per heavy atom. The van der Waals surface area contributed by atoms with E-state index in [0.29, 0.717) is 11.1 Å². The van der Waals surface area contributed by atoms with Gasteiger partial charge in [0.15, 0.2) is 0 Å². The van der Waals surface area contributed by atoms with Gasteiger partial charge in [-0.15, -0.1) is 0 Å². The molecule has 0 saturated carbocycles. The summed E-state index contributed by atoms with van der Waals surface area (Å²) in [4.78, 5) is 10.1. The molecule has 2 rings (SSSR count). The van der Waals surface area contributed by atoms with E-state index in [0.717, 1.165) is 10.2 Å². The summed E-state index contributed by atoms with van der Waals surface area (Å²) in [5, 5.41) is 23.0. The molecule has 0 aliphatic rings. The Labute approximate surface area is 126 Å². The van der Waals surface area contributed by atoms with Crippen LogP contribution >= 0.6 is 0 Å². The number of hydrogen-bond donors (Lipinski definition) is 0. The lowest BCUT2D eigenvalue weighted by atomic mass is 10.0. The van der Waals surface area contributed by atoms with Gasteiger partial charge in [0.1, 0.15) is 6.07 Å². The maximum Gasteiger partial charge on any atom is 0.270 e. The summed E-state index contributed by atoms with van der Waals surface area (Å²) in [7, 11) is -3.59. The molecule has 0 unspecified atom stereocenters. The number of aromatic nitrogens is 2. The van der Waals surface area contributed by atoms with Crippen LogP contribution < -0.4 is 0 Å². The number of nitro groups is 1. The summed E-state index contributed by atoms with van der Waals surface area (Å²) < 4.78 is 24.9. The second kappa shape index (κ2) is 5.57. The fourth-order valence-electron chi connectivity index (χ4n) is 1.79. The Morgan fingerprint density at radius 2 is 2.09 bits per heavy atom. The Morgan fingerprint density at radius 3 is 2.64 bits per heavy atom. The zero-order valence-corrected chi connectivity index (χ0v) is 12.6. The third kappa shape index (κ3) is 2.68. The van der Waals surface area contributed by atoms with Crippen molar-refractivity contribution in [1.29, 1.82) is 5.26 Å². The first-order valence-electron chi connectivity index (χ1n) is 6.25. The molecule has 0 aliphatic heterocycles. The van der Waals surface area contributed by atoms with Crippen LogP contribution in [0.5, 0.6) is 0 Å². The lowest BCUT2D eigenvalue weighted by Crippen LogP contribution is -2.22. The van der Waals surface area contributed by atoms with Gasteiger partial charge in [-0.05, 0) is 19.9 Å². The molecule has 114 valence electrons. The first kappa shape index (κ1) is 15.7. The van der Waals surface area contributed by atoms with Gasteiger partial charge in [-0.25, -0.2) is 8.42 Å². The van der Waals surface area contributed by atoms with E-state index >= 15 is 0 Å². The molecular formula is C13H12N4O4S. The van der Waals surface area contributed by atoms with Gasteiger partial charge in [0.05, 0.1) is 28.1 Å². The molecule has 0 aliphatic carbocycles. The maximum absolute atomic E-state index is 12.0. The van der Waals surface area contributed by atoms with Crippen molar-refractivity contribution < 1.29 is 13.3 Å². The SMILES string of the molecule is CC(C)S(=O)(=O)n1cc(-c2ccc([N+](=O)[O-])cc2C#N)cn1. The van der Waals surface area contributed by atoms with Gasteiger partial charge in [0.25, 0.3) is 15.7 Å². The molecule has 0 fully saturated rings. The lowest BCUT2D eigenvalue weighted by molar-refractivity contribution is -0.384. The molecule has 2 aromatic rings. The molecule has 0 radical (unpaired) electrons. The average Bonchev–Trinajstić information content (AvgIpc) is 2.96. The molecule has 0 bridgehead atoms. The van der Waals surface area contributed by atoms with Gasteiger partial charge >= 0.3 is 0 Å². The van der Waals surface area contributed by atoms with E-state index in [2.05, 4.69) is 5.10 Å². The van der Waals surface area contributed by atoms with Crippen LogP contribution in [-0.2, 0) is 10.0 Å². The van der Waals surface area contributed by atoms with Crippen LogP contribution in [0.1, 0.15) is 19.4 Å². The standard InChI is InChI=1S/C13H12N4O4S/c1-9(2)22(20,21)16-8-11(7-15-16)13-4-3-12(17(18)19)5-10(13)6-14/h3-5,7-9H,1-2H3. The second-order valence-corrected chi connectivity index (χ2v) is 7.14. The first-order chi connectivity index (χ1) is 10.3. The number of nitro benzene ring substituents is 1. The number of rotatable bonds is 4. The molecule has 0 N–H and O–H groups in total. The van der Waals surface area contributed by atoms with E-state index in [1.807, 2.05) is 6.07 Å². The van der Waals surface area contributed by atoms with Crippen LogP contribution in [0.15, 0.2) is 30.6 Å². The van der Waals surface area contributed by atoms with Crippen LogP contribution in [0, 0.1) is 21.4 Å². The van der Waals surface area contributed by atoms with Crippen molar-refractivity contribution in [2.24, 2.45) is 0 Å². The molecule has 0 spiro atoms. The quantitative estimate of drug-likeness (QED) is 0.627. The molecular weight excluding hydrogens is 308 g/mol. The molecule has 22 heavy (non-hydrogen) atoms. The van der Waals surface area contributed by atoms with Gasteiger partial charge in [0, 0.05) is 23.3 Å². The fourth-order valence-corrected chi connectivity index (χ4v) is 2.66. The number of nitriles is 1. The number of benzene rings is 1. The van der Waals surface area contributed by atoms with Crippen LogP contribution in [0.2, 0.25) is 0 Å². The Balaban J connectivity index is 2.53. The zero-order valence-electron chi connectivity index (χ0n) is 11.8. The number of hydrogen-bond acceptors (Lipinski definition) is 6. The second-order valence-electron chi connectivity index (χ2n) is 4.79. The highest BCUT2D eigenvalue weighted by molar-refractivity contribution is 7.90. The van der Waals surface area contributed by atoms with Crippen molar-refractivity contribution in [3.63, 3.8) is 0 Å². The van der Waals surface area contributed by atoms with Crippen LogP contribution in [0.4, 0.5) is 5.69 Å². The number of non-ortho nitro benzene ring substituents is 1. The van der Waals surface area contributed by atoms with Crippen LogP contribution in [-0.4, -0.2) is 27.8 Å². The normalized spacial score (nSPS) is 11.4. The van der Waals surface area contributed by atoms with Crippen molar-refractivity contribution in [3.05, 3.63) is 46.3 Å². The predicted molar refractivity (Wildman–Crippen MR) is 78.5 cm³/mol. The van der Waals surface area contributed by atoms with E-state index < -0.39 is 20.2 Å². The van der Waals surface area contributed by atoms with Crippen molar-refractivity contribution in [1.82, 2.24) is 9.19 Å². The molecule has 9 heteroatoms. The van der Waals surface area contributed by atoms with Crippen molar-refractivity contribution in [2.75, 3.05) is 0 Å². The van der Waals surface area contributed by atoms with Gasteiger partial charge in [-0.3, -0.25) is 10.1 Å². The highest BCUT2D eigenvalue weighted by Gasteiger charge is 2.21. The largest absolute Gasteiger partial charge is 0.270 e. The predicted octanol–water partition coefficient (Wildman–Crippen LogP) is 1.92.